The van der Waals surface area contributed by atoms with Gasteiger partial charge in [0.2, 0.25) is 5.91 Å². The van der Waals surface area contributed by atoms with Crippen LogP contribution >= 0.6 is 0 Å². The summed E-state index contributed by atoms with van der Waals surface area (Å²) in [6.07, 6.45) is 0.225. The van der Waals surface area contributed by atoms with Crippen LogP contribution in [0.4, 0.5) is 0 Å². The van der Waals surface area contributed by atoms with Crippen LogP contribution in [0.5, 0.6) is 0 Å². The van der Waals surface area contributed by atoms with Gasteiger partial charge in [-0.15, -0.1) is 0 Å². The van der Waals surface area contributed by atoms with Crippen molar-refractivity contribution >= 4 is 16.9 Å². The molecule has 2 aromatic carbocycles. The van der Waals surface area contributed by atoms with Gasteiger partial charge in [-0.1, -0.05) is 35.5 Å². The Morgan fingerprint density at radius 1 is 1.14 bits per heavy atom. The summed E-state index contributed by atoms with van der Waals surface area (Å²) >= 11 is 0. The molecule has 0 unspecified atom stereocenters. The average molecular weight is 294 g/mol. The van der Waals surface area contributed by atoms with Gasteiger partial charge in [-0.05, 0) is 42.7 Å². The Kier molecular flexibility index (Phi) is 3.92. The van der Waals surface area contributed by atoms with E-state index >= 15 is 0 Å². The van der Waals surface area contributed by atoms with Gasteiger partial charge in [0.05, 0.1) is 6.42 Å². The van der Waals surface area contributed by atoms with Crippen LogP contribution in [-0.4, -0.2) is 11.1 Å². The molecule has 0 aliphatic heterocycles. The van der Waals surface area contributed by atoms with Crippen molar-refractivity contribution in [1.82, 2.24) is 10.5 Å². The number of aromatic nitrogens is 1. The summed E-state index contributed by atoms with van der Waals surface area (Å²) in [5.74, 6) is -0.0581. The first kappa shape index (κ1) is 14.3. The van der Waals surface area contributed by atoms with E-state index < -0.39 is 0 Å². The van der Waals surface area contributed by atoms with Crippen LogP contribution in [0.1, 0.15) is 22.4 Å². The first-order chi connectivity index (χ1) is 10.6. The zero-order chi connectivity index (χ0) is 15.5. The van der Waals surface area contributed by atoms with E-state index in [9.17, 15) is 4.79 Å². The smallest absolute Gasteiger partial charge is 0.226 e. The predicted octanol–water partition coefficient (Wildman–Crippen LogP) is 3.30. The maximum atomic E-state index is 12.1. The highest BCUT2D eigenvalue weighted by molar-refractivity contribution is 5.87. The molecule has 1 N–H and O–H groups in total. The van der Waals surface area contributed by atoms with E-state index in [0.717, 1.165) is 22.1 Å². The van der Waals surface area contributed by atoms with Gasteiger partial charge < -0.3 is 9.84 Å². The van der Waals surface area contributed by atoms with E-state index in [-0.39, 0.29) is 12.3 Å². The summed E-state index contributed by atoms with van der Waals surface area (Å²) in [6.45, 7) is 4.60. The van der Waals surface area contributed by atoms with Crippen LogP contribution in [0.15, 0.2) is 47.0 Å². The number of hydrogen-bond donors (Lipinski definition) is 1. The van der Waals surface area contributed by atoms with E-state index in [1.54, 1.807) is 0 Å². The molecule has 0 radical (unpaired) electrons. The number of nitrogens with zero attached hydrogens (tertiary/aromatic N) is 1. The lowest BCUT2D eigenvalue weighted by atomic mass is 10.1. The molecule has 0 atom stereocenters. The number of carbonyl (C=O) groups is 1. The van der Waals surface area contributed by atoms with Crippen LogP contribution in [0.2, 0.25) is 0 Å². The SMILES string of the molecule is Cc1cc2onc(CC(=O)NCc3ccccc3)c2cc1C. The molecule has 0 saturated carbocycles. The summed E-state index contributed by atoms with van der Waals surface area (Å²) in [6, 6.07) is 13.8. The number of hydrogen-bond acceptors (Lipinski definition) is 3. The topological polar surface area (TPSA) is 55.1 Å². The summed E-state index contributed by atoms with van der Waals surface area (Å²) < 4.78 is 5.32. The number of rotatable bonds is 4. The van der Waals surface area contributed by atoms with Crippen molar-refractivity contribution in [3.63, 3.8) is 0 Å². The summed E-state index contributed by atoms with van der Waals surface area (Å²) in [7, 11) is 0. The van der Waals surface area contributed by atoms with E-state index in [1.165, 1.54) is 5.56 Å². The highest BCUT2D eigenvalue weighted by Crippen LogP contribution is 2.22. The maximum absolute atomic E-state index is 12.1. The first-order valence-electron chi connectivity index (χ1n) is 7.29. The molecule has 0 bridgehead atoms. The molecule has 22 heavy (non-hydrogen) atoms. The Morgan fingerprint density at radius 2 is 1.86 bits per heavy atom. The van der Waals surface area contributed by atoms with Gasteiger partial charge in [-0.25, -0.2) is 0 Å². The molecule has 0 aliphatic rings. The molecule has 3 rings (SSSR count). The summed E-state index contributed by atoms with van der Waals surface area (Å²) in [5, 5.41) is 7.86. The predicted molar refractivity (Wildman–Crippen MR) is 85.5 cm³/mol. The molecule has 1 heterocycles. The normalized spacial score (nSPS) is 10.8. The van der Waals surface area contributed by atoms with Gasteiger partial charge >= 0.3 is 0 Å². The van der Waals surface area contributed by atoms with E-state index in [0.29, 0.717) is 12.2 Å². The monoisotopic (exact) mass is 294 g/mol. The van der Waals surface area contributed by atoms with Gasteiger partial charge in [-0.3, -0.25) is 4.79 Å². The number of nitrogens with one attached hydrogen (secondary N) is 1. The number of amides is 1. The second-order valence-corrected chi connectivity index (χ2v) is 5.50. The fourth-order valence-corrected chi connectivity index (χ4v) is 2.38. The van der Waals surface area contributed by atoms with Gasteiger partial charge in [0.25, 0.3) is 0 Å². The standard InChI is InChI=1S/C18H18N2O2/c1-12-8-15-16(20-22-17(15)9-13(12)2)10-18(21)19-11-14-6-4-3-5-7-14/h3-9H,10-11H2,1-2H3,(H,19,21). The van der Waals surface area contributed by atoms with Crippen LogP contribution in [0.25, 0.3) is 11.0 Å². The summed E-state index contributed by atoms with van der Waals surface area (Å²) in [5.41, 5.74) is 4.82. The Balaban J connectivity index is 1.70. The third kappa shape index (κ3) is 3.01. The van der Waals surface area contributed by atoms with Crippen LogP contribution in [0.3, 0.4) is 0 Å². The number of fused-ring (bicyclic) bond motifs is 1. The molecule has 4 heteroatoms. The zero-order valence-corrected chi connectivity index (χ0v) is 12.7. The third-order valence-electron chi connectivity index (χ3n) is 3.82. The van der Waals surface area contributed by atoms with E-state index in [1.807, 2.05) is 56.3 Å². The highest BCUT2D eigenvalue weighted by atomic mass is 16.5. The van der Waals surface area contributed by atoms with Crippen molar-refractivity contribution in [2.75, 3.05) is 0 Å². The molecule has 1 amide bonds. The minimum atomic E-state index is -0.0581. The highest BCUT2D eigenvalue weighted by Gasteiger charge is 2.13. The molecule has 1 aromatic heterocycles. The third-order valence-corrected chi connectivity index (χ3v) is 3.82. The number of aryl methyl sites for hydroxylation is 2. The number of carbonyl (C=O) groups excluding carboxylic acids is 1. The van der Waals surface area contributed by atoms with Crippen molar-refractivity contribution in [2.45, 2.75) is 26.8 Å². The molecule has 0 spiro atoms. The van der Waals surface area contributed by atoms with Crippen LogP contribution in [0, 0.1) is 13.8 Å². The molecule has 4 nitrogen and oxygen atoms in total. The minimum absolute atomic E-state index is 0.0581. The molecular weight excluding hydrogens is 276 g/mol. The molecular formula is C18H18N2O2. The Labute approximate surface area is 129 Å². The van der Waals surface area contributed by atoms with E-state index in [4.69, 9.17) is 4.52 Å². The lowest BCUT2D eigenvalue weighted by Gasteiger charge is -2.04. The Hall–Kier alpha value is -2.62. The van der Waals surface area contributed by atoms with Crippen molar-refractivity contribution in [2.24, 2.45) is 0 Å². The van der Waals surface area contributed by atoms with Gasteiger partial charge in [0, 0.05) is 11.9 Å². The minimum Gasteiger partial charge on any atom is -0.356 e. The fourth-order valence-electron chi connectivity index (χ4n) is 2.38. The fraction of sp³-hybridized carbons (Fsp3) is 0.222. The summed E-state index contributed by atoms with van der Waals surface area (Å²) in [4.78, 5) is 12.1. The van der Waals surface area contributed by atoms with Gasteiger partial charge in [0.15, 0.2) is 5.58 Å². The second kappa shape index (κ2) is 6.02. The van der Waals surface area contributed by atoms with Gasteiger partial charge in [0.1, 0.15) is 5.69 Å². The van der Waals surface area contributed by atoms with Gasteiger partial charge in [-0.2, -0.15) is 0 Å². The van der Waals surface area contributed by atoms with Crippen molar-refractivity contribution in [1.29, 1.82) is 0 Å². The largest absolute Gasteiger partial charge is 0.356 e. The zero-order valence-electron chi connectivity index (χ0n) is 12.7. The molecule has 0 aliphatic carbocycles. The van der Waals surface area contributed by atoms with Crippen LogP contribution in [-0.2, 0) is 17.8 Å². The molecule has 0 fully saturated rings. The van der Waals surface area contributed by atoms with Crippen molar-refractivity contribution in [3.8, 4) is 0 Å². The number of benzene rings is 2. The quantitative estimate of drug-likeness (QED) is 0.803. The van der Waals surface area contributed by atoms with Crippen molar-refractivity contribution in [3.05, 3.63) is 64.8 Å². The molecule has 112 valence electrons. The second-order valence-electron chi connectivity index (χ2n) is 5.50. The average Bonchev–Trinajstić information content (AvgIpc) is 2.89. The van der Waals surface area contributed by atoms with Crippen molar-refractivity contribution < 1.29 is 9.32 Å². The first-order valence-corrected chi connectivity index (χ1v) is 7.29. The van der Waals surface area contributed by atoms with E-state index in [2.05, 4.69) is 10.5 Å². The van der Waals surface area contributed by atoms with Crippen LogP contribution < -0.4 is 5.32 Å². The molecule has 0 saturated heterocycles. The Bertz CT molecular complexity index is 807. The molecule has 3 aromatic rings. The maximum Gasteiger partial charge on any atom is 0.226 e. The Morgan fingerprint density at radius 3 is 2.64 bits per heavy atom. The lowest BCUT2D eigenvalue weighted by molar-refractivity contribution is -0.120. The lowest BCUT2D eigenvalue weighted by Crippen LogP contribution is -2.24.